The van der Waals surface area contributed by atoms with Crippen LogP contribution in [0.3, 0.4) is 0 Å². The van der Waals surface area contributed by atoms with E-state index in [2.05, 4.69) is 9.47 Å². The minimum atomic E-state index is -4.23. The van der Waals surface area contributed by atoms with Crippen LogP contribution in [0.15, 0.2) is 18.2 Å². The molecule has 9 heteroatoms. The summed E-state index contributed by atoms with van der Waals surface area (Å²) < 4.78 is 34.7. The van der Waals surface area contributed by atoms with Crippen molar-refractivity contribution in [3.63, 3.8) is 0 Å². The predicted molar refractivity (Wildman–Crippen MR) is 60.3 cm³/mol. The standard InChI is InChI=1S/C10H8ClF2NO5/c1-2-18-9(15)10(12,13)19-8-4-3-6(14(16)17)5-7(8)11/h3-5H,2H2,1H3. The zero-order chi connectivity index (χ0) is 14.6. The molecule has 0 radical (unpaired) electrons. The summed E-state index contributed by atoms with van der Waals surface area (Å²) in [5.41, 5.74) is -0.392. The van der Waals surface area contributed by atoms with Crippen LogP contribution in [-0.4, -0.2) is 23.6 Å². The minimum absolute atomic E-state index is 0.244. The van der Waals surface area contributed by atoms with Gasteiger partial charge < -0.3 is 9.47 Å². The second-order valence-electron chi connectivity index (χ2n) is 3.21. The van der Waals surface area contributed by atoms with Crippen molar-refractivity contribution in [1.82, 2.24) is 0 Å². The average Bonchev–Trinajstić information content (AvgIpc) is 2.31. The van der Waals surface area contributed by atoms with Crippen molar-refractivity contribution < 1.29 is 28.0 Å². The van der Waals surface area contributed by atoms with Crippen LogP contribution in [0.5, 0.6) is 5.75 Å². The van der Waals surface area contributed by atoms with Crippen LogP contribution in [0.4, 0.5) is 14.5 Å². The number of halogens is 3. The van der Waals surface area contributed by atoms with E-state index in [0.29, 0.717) is 0 Å². The molecule has 0 aliphatic heterocycles. The summed E-state index contributed by atoms with van der Waals surface area (Å²) in [6.07, 6.45) is -4.23. The number of esters is 1. The Hall–Kier alpha value is -1.96. The largest absolute Gasteiger partial charge is 0.502 e. The maximum Gasteiger partial charge on any atom is 0.502 e. The van der Waals surface area contributed by atoms with Crippen LogP contribution < -0.4 is 4.74 Å². The summed E-state index contributed by atoms with van der Waals surface area (Å²) in [5.74, 6) is -2.44. The maximum atomic E-state index is 13.2. The lowest BCUT2D eigenvalue weighted by Crippen LogP contribution is -2.36. The third kappa shape index (κ3) is 3.75. The Morgan fingerprint density at radius 1 is 1.53 bits per heavy atom. The monoisotopic (exact) mass is 295 g/mol. The number of hydrogen-bond donors (Lipinski definition) is 0. The first-order valence-corrected chi connectivity index (χ1v) is 5.33. The molecular formula is C10H8ClF2NO5. The molecule has 0 fully saturated rings. The van der Waals surface area contributed by atoms with Gasteiger partial charge in [0.25, 0.3) is 5.69 Å². The lowest BCUT2D eigenvalue weighted by atomic mass is 10.3. The highest BCUT2D eigenvalue weighted by molar-refractivity contribution is 6.32. The number of nitro benzene ring substituents is 1. The molecule has 0 amide bonds. The van der Waals surface area contributed by atoms with Gasteiger partial charge in [-0.3, -0.25) is 10.1 Å². The maximum absolute atomic E-state index is 13.2. The molecule has 0 bridgehead atoms. The number of hydrogen-bond acceptors (Lipinski definition) is 5. The second-order valence-corrected chi connectivity index (χ2v) is 3.62. The second kappa shape index (κ2) is 5.79. The van der Waals surface area contributed by atoms with Crippen molar-refractivity contribution >= 4 is 23.3 Å². The van der Waals surface area contributed by atoms with Crippen LogP contribution in [0.25, 0.3) is 0 Å². The molecule has 1 aromatic carbocycles. The number of carbonyl (C=O) groups excluding carboxylic acids is 1. The van der Waals surface area contributed by atoms with Gasteiger partial charge in [-0.2, -0.15) is 8.78 Å². The van der Waals surface area contributed by atoms with Gasteiger partial charge in [0, 0.05) is 12.1 Å². The van der Waals surface area contributed by atoms with Crippen LogP contribution in [0, 0.1) is 10.1 Å². The minimum Gasteiger partial charge on any atom is -0.459 e. The number of non-ortho nitro benzene ring substituents is 1. The topological polar surface area (TPSA) is 78.7 Å². The van der Waals surface area contributed by atoms with E-state index in [-0.39, 0.29) is 6.61 Å². The molecular weight excluding hydrogens is 288 g/mol. The predicted octanol–water partition coefficient (Wildman–Crippen LogP) is 2.78. The first kappa shape index (κ1) is 15.1. The van der Waals surface area contributed by atoms with Crippen molar-refractivity contribution in [2.45, 2.75) is 13.0 Å². The van der Waals surface area contributed by atoms with Gasteiger partial charge in [0.2, 0.25) is 0 Å². The quantitative estimate of drug-likeness (QED) is 0.474. The van der Waals surface area contributed by atoms with E-state index < -0.39 is 33.5 Å². The highest BCUT2D eigenvalue weighted by Gasteiger charge is 2.44. The smallest absolute Gasteiger partial charge is 0.459 e. The Bertz CT molecular complexity index is 509. The molecule has 0 N–H and O–H groups in total. The van der Waals surface area contributed by atoms with Crippen LogP contribution in [0.1, 0.15) is 6.92 Å². The van der Waals surface area contributed by atoms with Gasteiger partial charge in [0.05, 0.1) is 16.6 Å². The zero-order valence-corrected chi connectivity index (χ0v) is 10.3. The van der Waals surface area contributed by atoms with E-state index >= 15 is 0 Å². The van der Waals surface area contributed by atoms with Crippen molar-refractivity contribution in [2.75, 3.05) is 6.61 Å². The van der Waals surface area contributed by atoms with E-state index in [1.54, 1.807) is 0 Å². The van der Waals surface area contributed by atoms with E-state index in [4.69, 9.17) is 11.6 Å². The third-order valence-electron chi connectivity index (χ3n) is 1.88. The zero-order valence-electron chi connectivity index (χ0n) is 9.56. The Labute approximate surface area is 111 Å². The molecule has 104 valence electrons. The molecule has 1 aromatic rings. The molecule has 0 spiro atoms. The van der Waals surface area contributed by atoms with E-state index in [9.17, 15) is 23.7 Å². The van der Waals surface area contributed by atoms with Crippen LogP contribution >= 0.6 is 11.6 Å². The summed E-state index contributed by atoms with van der Waals surface area (Å²) in [4.78, 5) is 20.6. The van der Waals surface area contributed by atoms with Crippen molar-refractivity contribution in [1.29, 1.82) is 0 Å². The van der Waals surface area contributed by atoms with E-state index in [1.165, 1.54) is 6.92 Å². The van der Waals surface area contributed by atoms with Gasteiger partial charge in [-0.05, 0) is 13.0 Å². The fourth-order valence-corrected chi connectivity index (χ4v) is 1.29. The van der Waals surface area contributed by atoms with Crippen LogP contribution in [0.2, 0.25) is 5.02 Å². The molecule has 1 rings (SSSR count). The normalized spacial score (nSPS) is 10.9. The van der Waals surface area contributed by atoms with E-state index in [0.717, 1.165) is 18.2 Å². The number of nitro groups is 1. The Morgan fingerprint density at radius 3 is 2.63 bits per heavy atom. The Morgan fingerprint density at radius 2 is 2.16 bits per heavy atom. The summed E-state index contributed by atoms with van der Waals surface area (Å²) in [6.45, 7) is 1.11. The van der Waals surface area contributed by atoms with Crippen molar-refractivity contribution in [2.24, 2.45) is 0 Å². The highest BCUT2D eigenvalue weighted by atomic mass is 35.5. The lowest BCUT2D eigenvalue weighted by molar-refractivity contribution is -0.384. The molecule has 6 nitrogen and oxygen atoms in total. The molecule has 0 saturated carbocycles. The first-order chi connectivity index (χ1) is 8.77. The number of alkyl halides is 2. The van der Waals surface area contributed by atoms with Crippen LogP contribution in [-0.2, 0) is 9.53 Å². The van der Waals surface area contributed by atoms with Gasteiger partial charge in [0.15, 0.2) is 0 Å². The SMILES string of the molecule is CCOC(=O)C(F)(F)Oc1ccc([N+](=O)[O-])cc1Cl. The van der Waals surface area contributed by atoms with Crippen molar-refractivity contribution in [3.8, 4) is 5.75 Å². The molecule has 0 saturated heterocycles. The molecule has 0 heterocycles. The van der Waals surface area contributed by atoms with Gasteiger partial charge in [-0.25, -0.2) is 4.79 Å². The van der Waals surface area contributed by atoms with E-state index in [1.807, 2.05) is 0 Å². The van der Waals surface area contributed by atoms with Gasteiger partial charge >= 0.3 is 12.1 Å². The average molecular weight is 296 g/mol. The highest BCUT2D eigenvalue weighted by Crippen LogP contribution is 2.32. The molecule has 0 aromatic heterocycles. The summed E-state index contributed by atoms with van der Waals surface area (Å²) >= 11 is 5.55. The van der Waals surface area contributed by atoms with Gasteiger partial charge in [-0.1, -0.05) is 11.6 Å². The molecule has 19 heavy (non-hydrogen) atoms. The molecule has 0 atom stereocenters. The Kier molecular flexibility index (Phi) is 4.60. The number of ether oxygens (including phenoxy) is 2. The number of rotatable bonds is 5. The van der Waals surface area contributed by atoms with Crippen molar-refractivity contribution in [3.05, 3.63) is 33.3 Å². The summed E-state index contributed by atoms with van der Waals surface area (Å²) in [7, 11) is 0. The molecule has 0 unspecified atom stereocenters. The summed E-state index contributed by atoms with van der Waals surface area (Å²) in [6, 6.07) is 2.62. The lowest BCUT2D eigenvalue weighted by Gasteiger charge is -2.16. The Balaban J connectivity index is 2.93. The number of benzene rings is 1. The van der Waals surface area contributed by atoms with Gasteiger partial charge in [-0.15, -0.1) is 0 Å². The third-order valence-corrected chi connectivity index (χ3v) is 2.17. The molecule has 0 aliphatic rings. The fourth-order valence-electron chi connectivity index (χ4n) is 1.08. The number of carbonyl (C=O) groups is 1. The molecule has 0 aliphatic carbocycles. The van der Waals surface area contributed by atoms with Gasteiger partial charge in [0.1, 0.15) is 5.75 Å². The summed E-state index contributed by atoms with van der Waals surface area (Å²) in [5, 5.41) is 10.0. The first-order valence-electron chi connectivity index (χ1n) is 4.96. The fraction of sp³-hybridized carbons (Fsp3) is 0.300. The number of nitrogens with zero attached hydrogens (tertiary/aromatic N) is 1.